The molecule has 7 nitrogen and oxygen atoms in total. The lowest BCUT2D eigenvalue weighted by Gasteiger charge is -2.32. The first-order valence-corrected chi connectivity index (χ1v) is 13.9. The van der Waals surface area contributed by atoms with Crippen molar-refractivity contribution in [3.63, 3.8) is 0 Å². The molecule has 9 heteroatoms. The molecular formula is C25H32FN3O4S. The van der Waals surface area contributed by atoms with Crippen molar-refractivity contribution in [2.45, 2.75) is 58.5 Å². The fourth-order valence-corrected chi connectivity index (χ4v) is 5.98. The molecule has 0 spiro atoms. The second kappa shape index (κ2) is 9.98. The molecule has 0 bridgehead atoms. The summed E-state index contributed by atoms with van der Waals surface area (Å²) in [5, 5.41) is 4.68. The van der Waals surface area contributed by atoms with Gasteiger partial charge in [0.15, 0.2) is 15.6 Å². The highest BCUT2D eigenvalue weighted by molar-refractivity contribution is 7.91. The van der Waals surface area contributed by atoms with Gasteiger partial charge in [-0.2, -0.15) is 5.10 Å². The SMILES string of the molecule is Cc1nn(Cc2ccc(F)cc2)c2c1CCN(C(=O)CC1CCC(C(=O)CS(C)(=O)=O)CC1)C2. The lowest BCUT2D eigenvalue weighted by molar-refractivity contribution is -0.133. The van der Waals surface area contributed by atoms with Gasteiger partial charge in [0, 0.05) is 25.1 Å². The smallest absolute Gasteiger partial charge is 0.223 e. The second-order valence-corrected chi connectivity index (χ2v) is 12.0. The van der Waals surface area contributed by atoms with Gasteiger partial charge in [-0.1, -0.05) is 12.1 Å². The van der Waals surface area contributed by atoms with Crippen LogP contribution in [0.15, 0.2) is 24.3 Å². The summed E-state index contributed by atoms with van der Waals surface area (Å²) in [6.45, 7) is 3.69. The number of halogens is 1. The number of benzene rings is 1. The molecule has 184 valence electrons. The fourth-order valence-electron chi connectivity index (χ4n) is 5.22. The Hall–Kier alpha value is -2.55. The molecule has 1 aromatic carbocycles. The van der Waals surface area contributed by atoms with Gasteiger partial charge in [-0.05, 0) is 68.2 Å². The van der Waals surface area contributed by atoms with E-state index < -0.39 is 9.84 Å². The molecule has 34 heavy (non-hydrogen) atoms. The van der Waals surface area contributed by atoms with Gasteiger partial charge >= 0.3 is 0 Å². The molecule has 2 aliphatic rings. The van der Waals surface area contributed by atoms with E-state index in [1.54, 1.807) is 12.1 Å². The number of aryl methyl sites for hydroxylation is 1. The molecule has 0 radical (unpaired) electrons. The third-order valence-corrected chi connectivity index (χ3v) is 7.92. The number of Topliss-reactive ketones (excluding diaryl/α,β-unsaturated/α-hetero) is 1. The minimum atomic E-state index is -3.30. The summed E-state index contributed by atoms with van der Waals surface area (Å²) in [5.41, 5.74) is 4.16. The second-order valence-electron chi connectivity index (χ2n) is 9.82. The summed E-state index contributed by atoms with van der Waals surface area (Å²) in [7, 11) is -3.30. The van der Waals surface area contributed by atoms with E-state index in [-0.39, 0.29) is 35.1 Å². The van der Waals surface area contributed by atoms with Crippen LogP contribution < -0.4 is 0 Å². The molecule has 2 heterocycles. The normalized spacial score (nSPS) is 20.7. The van der Waals surface area contributed by atoms with E-state index in [0.29, 0.717) is 38.9 Å². The van der Waals surface area contributed by atoms with Crippen molar-refractivity contribution >= 4 is 21.5 Å². The molecule has 0 unspecified atom stereocenters. The van der Waals surface area contributed by atoms with Crippen LogP contribution >= 0.6 is 0 Å². The summed E-state index contributed by atoms with van der Waals surface area (Å²) < 4.78 is 38.0. The Balaban J connectivity index is 1.34. The first-order chi connectivity index (χ1) is 16.1. The highest BCUT2D eigenvalue weighted by Gasteiger charge is 2.31. The maximum absolute atomic E-state index is 13.3. The lowest BCUT2D eigenvalue weighted by Crippen LogP contribution is -2.38. The zero-order valence-corrected chi connectivity index (χ0v) is 20.6. The van der Waals surface area contributed by atoms with Crippen LogP contribution in [-0.2, 0) is 38.9 Å². The van der Waals surface area contributed by atoms with Crippen LogP contribution in [0.2, 0.25) is 0 Å². The first kappa shape index (κ1) is 24.6. The number of carbonyl (C=O) groups is 2. The van der Waals surface area contributed by atoms with Crippen molar-refractivity contribution < 1.29 is 22.4 Å². The minimum Gasteiger partial charge on any atom is -0.336 e. The summed E-state index contributed by atoms with van der Waals surface area (Å²) in [6, 6.07) is 6.39. The number of carbonyl (C=O) groups excluding carboxylic acids is 2. The van der Waals surface area contributed by atoms with E-state index >= 15 is 0 Å². The van der Waals surface area contributed by atoms with Crippen LogP contribution in [0.4, 0.5) is 4.39 Å². The average molecular weight is 490 g/mol. The molecule has 2 aromatic rings. The van der Waals surface area contributed by atoms with Crippen molar-refractivity contribution in [2.24, 2.45) is 11.8 Å². The number of aromatic nitrogens is 2. The highest BCUT2D eigenvalue weighted by Crippen LogP contribution is 2.33. The fraction of sp³-hybridized carbons (Fsp3) is 0.560. The Morgan fingerprint density at radius 2 is 1.79 bits per heavy atom. The van der Waals surface area contributed by atoms with E-state index in [1.165, 1.54) is 17.7 Å². The molecule has 4 rings (SSSR count). The zero-order valence-electron chi connectivity index (χ0n) is 19.8. The number of nitrogens with zero attached hydrogens (tertiary/aromatic N) is 3. The van der Waals surface area contributed by atoms with Crippen LogP contribution in [0, 0.1) is 24.6 Å². The number of fused-ring (bicyclic) bond motifs is 1. The third-order valence-electron chi connectivity index (χ3n) is 7.11. The standard InChI is InChI=1S/C25H32FN3O4S/c1-17-22-11-12-28(15-23(22)29(27-17)14-19-5-9-21(26)10-6-19)25(31)13-18-3-7-20(8-4-18)24(30)16-34(2,32)33/h5-6,9-10,18,20H,3-4,7-8,11-16H2,1-2H3. The number of amides is 1. The number of hydrogen-bond acceptors (Lipinski definition) is 5. The predicted molar refractivity (Wildman–Crippen MR) is 126 cm³/mol. The largest absolute Gasteiger partial charge is 0.336 e. The van der Waals surface area contributed by atoms with E-state index in [9.17, 15) is 22.4 Å². The summed E-state index contributed by atoms with van der Waals surface area (Å²) >= 11 is 0. The third kappa shape index (κ3) is 5.92. The summed E-state index contributed by atoms with van der Waals surface area (Å²) in [6.07, 6.45) is 5.15. The quantitative estimate of drug-likeness (QED) is 0.596. The molecule has 1 saturated carbocycles. The van der Waals surface area contributed by atoms with Crippen LogP contribution in [0.1, 0.15) is 54.6 Å². The summed E-state index contributed by atoms with van der Waals surface area (Å²) in [5.74, 6) is -0.718. The molecule has 1 amide bonds. The van der Waals surface area contributed by atoms with Gasteiger partial charge in [0.25, 0.3) is 0 Å². The van der Waals surface area contributed by atoms with Gasteiger partial charge in [0.1, 0.15) is 11.6 Å². The molecule has 1 aromatic heterocycles. The Kier molecular flexibility index (Phi) is 7.21. The molecule has 0 atom stereocenters. The maximum atomic E-state index is 13.3. The first-order valence-electron chi connectivity index (χ1n) is 11.9. The molecule has 1 aliphatic heterocycles. The lowest BCUT2D eigenvalue weighted by atomic mass is 9.79. The van der Waals surface area contributed by atoms with Gasteiger partial charge in [-0.25, -0.2) is 12.8 Å². The molecular weight excluding hydrogens is 457 g/mol. The molecule has 0 saturated heterocycles. The van der Waals surface area contributed by atoms with Crippen molar-refractivity contribution in [2.75, 3.05) is 18.6 Å². The van der Waals surface area contributed by atoms with Gasteiger partial charge < -0.3 is 4.90 Å². The van der Waals surface area contributed by atoms with E-state index in [1.807, 2.05) is 16.5 Å². The monoisotopic (exact) mass is 489 g/mol. The van der Waals surface area contributed by atoms with Crippen LogP contribution in [0.3, 0.4) is 0 Å². The van der Waals surface area contributed by atoms with Crippen molar-refractivity contribution in [1.82, 2.24) is 14.7 Å². The number of hydrogen-bond donors (Lipinski definition) is 0. The number of ketones is 1. The maximum Gasteiger partial charge on any atom is 0.223 e. The van der Waals surface area contributed by atoms with Crippen molar-refractivity contribution in [3.8, 4) is 0 Å². The van der Waals surface area contributed by atoms with Crippen LogP contribution in [-0.4, -0.2) is 53.3 Å². The zero-order chi connectivity index (χ0) is 24.5. The topological polar surface area (TPSA) is 89.3 Å². The molecule has 1 aliphatic carbocycles. The van der Waals surface area contributed by atoms with Crippen LogP contribution in [0.25, 0.3) is 0 Å². The minimum absolute atomic E-state index is 0.115. The molecule has 0 N–H and O–H groups in total. The van der Waals surface area contributed by atoms with Gasteiger partial charge in [0.05, 0.1) is 24.5 Å². The van der Waals surface area contributed by atoms with E-state index in [2.05, 4.69) is 5.10 Å². The number of sulfone groups is 1. The van der Waals surface area contributed by atoms with Crippen LogP contribution in [0.5, 0.6) is 0 Å². The summed E-state index contributed by atoms with van der Waals surface area (Å²) in [4.78, 5) is 27.2. The van der Waals surface area contributed by atoms with Gasteiger partial charge in [-0.15, -0.1) is 0 Å². The highest BCUT2D eigenvalue weighted by atomic mass is 32.2. The molecule has 1 fully saturated rings. The van der Waals surface area contributed by atoms with Crippen molar-refractivity contribution in [1.29, 1.82) is 0 Å². The Morgan fingerprint density at radius 3 is 2.44 bits per heavy atom. The van der Waals surface area contributed by atoms with E-state index in [0.717, 1.165) is 42.5 Å². The Bertz CT molecular complexity index is 1170. The van der Waals surface area contributed by atoms with Gasteiger partial charge in [-0.3, -0.25) is 14.3 Å². The average Bonchev–Trinajstić information content (AvgIpc) is 3.09. The van der Waals surface area contributed by atoms with Crippen molar-refractivity contribution in [3.05, 3.63) is 52.6 Å². The van der Waals surface area contributed by atoms with E-state index in [4.69, 9.17) is 0 Å². The predicted octanol–water partition coefficient (Wildman–Crippen LogP) is 3.07. The Morgan fingerprint density at radius 1 is 1.12 bits per heavy atom. The number of rotatable bonds is 7. The van der Waals surface area contributed by atoms with Gasteiger partial charge in [0.2, 0.25) is 5.91 Å². The Labute approximate surface area is 200 Å².